The van der Waals surface area contributed by atoms with Gasteiger partial charge in [0.05, 0.1) is 0 Å². The molecule has 0 atom stereocenters. The second-order valence-corrected chi connectivity index (χ2v) is 4.60. The zero-order valence-corrected chi connectivity index (χ0v) is 11.7. The number of nitrogens with zero attached hydrogens (tertiary/aromatic N) is 2. The molecule has 0 amide bonds. The largest absolute Gasteiger partial charge is 0.425 e. The smallest absolute Gasteiger partial charge is 0.216 e. The minimum Gasteiger partial charge on any atom is -0.425 e. The zero-order valence-electron chi connectivity index (χ0n) is 11.7. The van der Waals surface area contributed by atoms with Gasteiger partial charge in [0.2, 0.25) is 11.8 Å². The molecule has 0 bridgehead atoms. The SMILES string of the molecule is CCOCCCc1nnc(CCCNC(C)C)o1. The first kappa shape index (κ1) is 15.1. The highest BCUT2D eigenvalue weighted by molar-refractivity contribution is 4.82. The molecular weight excluding hydrogens is 230 g/mol. The van der Waals surface area contributed by atoms with Crippen LogP contribution in [0.5, 0.6) is 0 Å². The summed E-state index contributed by atoms with van der Waals surface area (Å²) in [5, 5.41) is 11.4. The first-order valence-corrected chi connectivity index (χ1v) is 6.84. The summed E-state index contributed by atoms with van der Waals surface area (Å²) < 4.78 is 10.8. The molecular formula is C13H25N3O2. The van der Waals surface area contributed by atoms with Gasteiger partial charge in [0, 0.05) is 32.1 Å². The average Bonchev–Trinajstić information content (AvgIpc) is 2.78. The molecule has 0 fully saturated rings. The molecule has 1 N–H and O–H groups in total. The van der Waals surface area contributed by atoms with Gasteiger partial charge in [-0.1, -0.05) is 13.8 Å². The number of aryl methyl sites for hydroxylation is 2. The van der Waals surface area contributed by atoms with Crippen molar-refractivity contribution >= 4 is 0 Å². The normalized spacial score (nSPS) is 11.3. The molecule has 0 radical (unpaired) electrons. The van der Waals surface area contributed by atoms with Crippen molar-refractivity contribution in [3.05, 3.63) is 11.8 Å². The van der Waals surface area contributed by atoms with Crippen molar-refractivity contribution in [1.82, 2.24) is 15.5 Å². The third-order valence-electron chi connectivity index (χ3n) is 2.51. The van der Waals surface area contributed by atoms with Crippen LogP contribution in [0.15, 0.2) is 4.42 Å². The fourth-order valence-corrected chi connectivity index (χ4v) is 1.59. The molecule has 0 saturated heterocycles. The molecule has 18 heavy (non-hydrogen) atoms. The van der Waals surface area contributed by atoms with Crippen molar-refractivity contribution < 1.29 is 9.15 Å². The molecule has 0 unspecified atom stereocenters. The molecule has 0 aromatic carbocycles. The fraction of sp³-hybridized carbons (Fsp3) is 0.846. The maximum atomic E-state index is 5.57. The summed E-state index contributed by atoms with van der Waals surface area (Å²) in [4.78, 5) is 0. The molecule has 1 rings (SSSR count). The minimum absolute atomic E-state index is 0.529. The zero-order chi connectivity index (χ0) is 13.2. The van der Waals surface area contributed by atoms with E-state index in [2.05, 4.69) is 29.4 Å². The van der Waals surface area contributed by atoms with Crippen LogP contribution in [0.25, 0.3) is 0 Å². The fourth-order valence-electron chi connectivity index (χ4n) is 1.59. The quantitative estimate of drug-likeness (QED) is 0.648. The van der Waals surface area contributed by atoms with Crippen LogP contribution < -0.4 is 5.32 Å². The van der Waals surface area contributed by atoms with Gasteiger partial charge in [-0.05, 0) is 26.3 Å². The van der Waals surface area contributed by atoms with Crippen LogP contribution in [0.3, 0.4) is 0 Å². The Labute approximate surface area is 109 Å². The van der Waals surface area contributed by atoms with E-state index >= 15 is 0 Å². The Bertz CT molecular complexity index is 313. The molecule has 0 aliphatic carbocycles. The Morgan fingerprint density at radius 1 is 1.17 bits per heavy atom. The number of aromatic nitrogens is 2. The average molecular weight is 255 g/mol. The van der Waals surface area contributed by atoms with E-state index < -0.39 is 0 Å². The molecule has 5 heteroatoms. The molecule has 1 aromatic rings. The number of nitrogens with one attached hydrogen (secondary N) is 1. The molecule has 1 aromatic heterocycles. The molecule has 0 spiro atoms. The van der Waals surface area contributed by atoms with Crippen molar-refractivity contribution in [3.8, 4) is 0 Å². The number of hydrogen-bond donors (Lipinski definition) is 1. The number of ether oxygens (including phenoxy) is 1. The second kappa shape index (κ2) is 9.05. The maximum Gasteiger partial charge on any atom is 0.216 e. The third-order valence-corrected chi connectivity index (χ3v) is 2.51. The van der Waals surface area contributed by atoms with E-state index in [0.29, 0.717) is 6.04 Å². The summed E-state index contributed by atoms with van der Waals surface area (Å²) in [6.45, 7) is 8.78. The lowest BCUT2D eigenvalue weighted by atomic mass is 10.3. The van der Waals surface area contributed by atoms with Gasteiger partial charge in [-0.25, -0.2) is 0 Å². The van der Waals surface area contributed by atoms with Crippen LogP contribution in [0, 0.1) is 0 Å². The highest BCUT2D eigenvalue weighted by Crippen LogP contribution is 2.05. The van der Waals surface area contributed by atoms with Gasteiger partial charge in [-0.3, -0.25) is 0 Å². The number of rotatable bonds is 10. The Hall–Kier alpha value is -0.940. The Morgan fingerprint density at radius 2 is 1.83 bits per heavy atom. The highest BCUT2D eigenvalue weighted by Gasteiger charge is 2.05. The first-order valence-electron chi connectivity index (χ1n) is 6.84. The summed E-state index contributed by atoms with van der Waals surface area (Å²) in [6.07, 6.45) is 3.61. The van der Waals surface area contributed by atoms with Crippen LogP contribution in [0.2, 0.25) is 0 Å². The van der Waals surface area contributed by atoms with E-state index in [1.165, 1.54) is 0 Å². The monoisotopic (exact) mass is 255 g/mol. The van der Waals surface area contributed by atoms with Crippen molar-refractivity contribution in [3.63, 3.8) is 0 Å². The van der Waals surface area contributed by atoms with Crippen LogP contribution in [-0.4, -0.2) is 36.0 Å². The van der Waals surface area contributed by atoms with Crippen LogP contribution in [0.4, 0.5) is 0 Å². The topological polar surface area (TPSA) is 60.2 Å². The van der Waals surface area contributed by atoms with Gasteiger partial charge >= 0.3 is 0 Å². The summed E-state index contributed by atoms with van der Waals surface area (Å²) >= 11 is 0. The van der Waals surface area contributed by atoms with Gasteiger partial charge in [-0.2, -0.15) is 0 Å². The van der Waals surface area contributed by atoms with E-state index in [1.54, 1.807) is 0 Å². The van der Waals surface area contributed by atoms with E-state index in [1.807, 2.05) is 6.92 Å². The van der Waals surface area contributed by atoms with Gasteiger partial charge in [-0.15, -0.1) is 10.2 Å². The van der Waals surface area contributed by atoms with E-state index in [9.17, 15) is 0 Å². The summed E-state index contributed by atoms with van der Waals surface area (Å²) in [6, 6.07) is 0.529. The predicted molar refractivity (Wildman–Crippen MR) is 70.6 cm³/mol. The Kier molecular flexibility index (Phi) is 7.60. The third kappa shape index (κ3) is 6.71. The van der Waals surface area contributed by atoms with E-state index in [0.717, 1.165) is 57.2 Å². The lowest BCUT2D eigenvalue weighted by Gasteiger charge is -2.05. The molecule has 1 heterocycles. The van der Waals surface area contributed by atoms with Gasteiger partial charge < -0.3 is 14.5 Å². The molecule has 5 nitrogen and oxygen atoms in total. The Morgan fingerprint density at radius 3 is 2.44 bits per heavy atom. The first-order chi connectivity index (χ1) is 8.72. The van der Waals surface area contributed by atoms with Crippen molar-refractivity contribution in [2.24, 2.45) is 0 Å². The summed E-state index contributed by atoms with van der Waals surface area (Å²) in [7, 11) is 0. The lowest BCUT2D eigenvalue weighted by molar-refractivity contribution is 0.143. The van der Waals surface area contributed by atoms with Gasteiger partial charge in [0.15, 0.2) is 0 Å². The van der Waals surface area contributed by atoms with Gasteiger partial charge in [0.1, 0.15) is 0 Å². The minimum atomic E-state index is 0.529. The van der Waals surface area contributed by atoms with Gasteiger partial charge in [0.25, 0.3) is 0 Å². The highest BCUT2D eigenvalue weighted by atomic mass is 16.5. The molecule has 0 aliphatic heterocycles. The van der Waals surface area contributed by atoms with Crippen molar-refractivity contribution in [2.75, 3.05) is 19.8 Å². The van der Waals surface area contributed by atoms with Crippen LogP contribution >= 0.6 is 0 Å². The van der Waals surface area contributed by atoms with Crippen molar-refractivity contribution in [2.45, 2.75) is 52.5 Å². The number of hydrogen-bond acceptors (Lipinski definition) is 5. The second-order valence-electron chi connectivity index (χ2n) is 4.60. The standard InChI is InChI=1S/C13H25N3O2/c1-4-17-10-6-8-13-16-15-12(18-13)7-5-9-14-11(2)3/h11,14H,4-10H2,1-3H3. The molecule has 0 saturated carbocycles. The molecule has 0 aliphatic rings. The Balaban J connectivity index is 2.13. The van der Waals surface area contributed by atoms with Crippen molar-refractivity contribution in [1.29, 1.82) is 0 Å². The van der Waals surface area contributed by atoms with E-state index in [4.69, 9.17) is 9.15 Å². The lowest BCUT2D eigenvalue weighted by Crippen LogP contribution is -2.23. The summed E-state index contributed by atoms with van der Waals surface area (Å²) in [5.41, 5.74) is 0. The maximum absolute atomic E-state index is 5.57. The predicted octanol–water partition coefficient (Wildman–Crippen LogP) is 1.97. The molecule has 104 valence electrons. The van der Waals surface area contributed by atoms with E-state index in [-0.39, 0.29) is 0 Å². The van der Waals surface area contributed by atoms with Crippen LogP contribution in [0.1, 0.15) is 45.4 Å². The summed E-state index contributed by atoms with van der Waals surface area (Å²) in [5.74, 6) is 1.47. The van der Waals surface area contributed by atoms with Crippen LogP contribution in [-0.2, 0) is 17.6 Å².